The molecule has 1 aromatic carbocycles. The molecule has 1 aromatic heterocycles. The second kappa shape index (κ2) is 6.33. The fourth-order valence-corrected chi connectivity index (χ4v) is 2.47. The van der Waals surface area contributed by atoms with Gasteiger partial charge in [-0.05, 0) is 19.1 Å². The van der Waals surface area contributed by atoms with E-state index in [1.54, 1.807) is 19.0 Å². The normalized spacial score (nSPS) is 10.6. The SMILES string of the molecule is Cc1csc(NN=Cc2c(F)ccc(C#N)c2N(C)C)n1. The quantitative estimate of drug-likeness (QED) is 0.696. The molecule has 5 nitrogen and oxygen atoms in total. The maximum atomic E-state index is 14.0. The van der Waals surface area contributed by atoms with Gasteiger partial charge >= 0.3 is 0 Å². The molecule has 0 saturated carbocycles. The Kier molecular flexibility index (Phi) is 4.50. The minimum Gasteiger partial charge on any atom is -0.376 e. The summed E-state index contributed by atoms with van der Waals surface area (Å²) in [6.45, 7) is 1.88. The van der Waals surface area contributed by atoms with Gasteiger partial charge in [0.25, 0.3) is 0 Å². The third kappa shape index (κ3) is 3.35. The summed E-state index contributed by atoms with van der Waals surface area (Å²) in [4.78, 5) is 5.88. The second-order valence-electron chi connectivity index (χ2n) is 4.53. The number of hydrogen-bond acceptors (Lipinski definition) is 6. The predicted molar refractivity (Wildman–Crippen MR) is 83.5 cm³/mol. The van der Waals surface area contributed by atoms with Crippen molar-refractivity contribution in [2.45, 2.75) is 6.92 Å². The average molecular weight is 303 g/mol. The number of anilines is 2. The summed E-state index contributed by atoms with van der Waals surface area (Å²) in [5.74, 6) is -0.432. The zero-order chi connectivity index (χ0) is 15.4. The molecule has 21 heavy (non-hydrogen) atoms. The lowest BCUT2D eigenvalue weighted by molar-refractivity contribution is 0.625. The Morgan fingerprint density at radius 2 is 2.24 bits per heavy atom. The van der Waals surface area contributed by atoms with Crippen molar-refractivity contribution in [1.29, 1.82) is 5.26 Å². The molecule has 0 spiro atoms. The number of nitrogens with one attached hydrogen (secondary N) is 1. The van der Waals surface area contributed by atoms with Crippen LogP contribution in [0.15, 0.2) is 22.6 Å². The molecule has 0 amide bonds. The smallest absolute Gasteiger partial charge is 0.203 e. The number of hydrogen-bond donors (Lipinski definition) is 1. The van der Waals surface area contributed by atoms with Gasteiger partial charge in [-0.15, -0.1) is 11.3 Å². The largest absolute Gasteiger partial charge is 0.376 e. The summed E-state index contributed by atoms with van der Waals surface area (Å²) in [6.07, 6.45) is 1.36. The van der Waals surface area contributed by atoms with Gasteiger partial charge in [0.15, 0.2) is 0 Å². The van der Waals surface area contributed by atoms with Crippen LogP contribution in [-0.2, 0) is 0 Å². The first kappa shape index (κ1) is 14.9. The molecule has 1 heterocycles. The van der Waals surface area contributed by atoms with Crippen LogP contribution >= 0.6 is 11.3 Å². The van der Waals surface area contributed by atoms with E-state index in [1.807, 2.05) is 12.3 Å². The number of rotatable bonds is 4. The van der Waals surface area contributed by atoms with Gasteiger partial charge < -0.3 is 4.90 Å². The molecule has 108 valence electrons. The number of hydrazone groups is 1. The highest BCUT2D eigenvalue weighted by atomic mass is 32.1. The number of thiazole rings is 1. The first-order valence-corrected chi connectivity index (χ1v) is 7.02. The Morgan fingerprint density at radius 3 is 2.81 bits per heavy atom. The van der Waals surface area contributed by atoms with Crippen molar-refractivity contribution < 1.29 is 4.39 Å². The number of aromatic nitrogens is 1. The summed E-state index contributed by atoms with van der Waals surface area (Å²) in [5.41, 5.74) is 4.80. The van der Waals surface area contributed by atoms with E-state index in [9.17, 15) is 4.39 Å². The van der Waals surface area contributed by atoms with Crippen LogP contribution < -0.4 is 10.3 Å². The highest BCUT2D eigenvalue weighted by molar-refractivity contribution is 7.13. The van der Waals surface area contributed by atoms with Gasteiger partial charge in [0, 0.05) is 19.5 Å². The molecule has 0 unspecified atom stereocenters. The first-order valence-electron chi connectivity index (χ1n) is 6.14. The number of aryl methyl sites for hydroxylation is 1. The van der Waals surface area contributed by atoms with Crippen molar-refractivity contribution in [2.24, 2.45) is 5.10 Å². The lowest BCUT2D eigenvalue weighted by Gasteiger charge is -2.17. The van der Waals surface area contributed by atoms with E-state index in [0.29, 0.717) is 16.4 Å². The lowest BCUT2D eigenvalue weighted by atomic mass is 10.1. The van der Waals surface area contributed by atoms with Crippen LogP contribution in [0, 0.1) is 24.1 Å². The van der Waals surface area contributed by atoms with Crippen LogP contribution in [0.2, 0.25) is 0 Å². The Bertz CT molecular complexity index is 715. The van der Waals surface area contributed by atoms with E-state index in [1.165, 1.54) is 29.7 Å². The number of nitriles is 1. The number of benzene rings is 1. The first-order chi connectivity index (χ1) is 10.0. The van der Waals surface area contributed by atoms with Crippen LogP contribution in [0.25, 0.3) is 0 Å². The molecular formula is C14H14FN5S. The molecule has 0 bridgehead atoms. The van der Waals surface area contributed by atoms with Crippen molar-refractivity contribution in [3.05, 3.63) is 40.2 Å². The Morgan fingerprint density at radius 1 is 1.48 bits per heavy atom. The average Bonchev–Trinajstić information content (AvgIpc) is 2.85. The zero-order valence-corrected chi connectivity index (χ0v) is 12.7. The van der Waals surface area contributed by atoms with Crippen LogP contribution in [0.3, 0.4) is 0 Å². The summed E-state index contributed by atoms with van der Waals surface area (Å²) in [7, 11) is 3.51. The molecular weight excluding hydrogens is 289 g/mol. The Hall–Kier alpha value is -2.46. The Balaban J connectivity index is 2.32. The number of halogens is 1. The number of nitrogens with zero attached hydrogens (tertiary/aromatic N) is 4. The maximum Gasteiger partial charge on any atom is 0.203 e. The van der Waals surface area contributed by atoms with E-state index < -0.39 is 5.82 Å². The van der Waals surface area contributed by atoms with Crippen molar-refractivity contribution in [3.63, 3.8) is 0 Å². The van der Waals surface area contributed by atoms with Crippen molar-refractivity contribution in [3.8, 4) is 6.07 Å². The van der Waals surface area contributed by atoms with Crippen molar-refractivity contribution in [2.75, 3.05) is 24.4 Å². The molecule has 0 aliphatic carbocycles. The fraction of sp³-hybridized carbons (Fsp3) is 0.214. The molecule has 0 fully saturated rings. The van der Waals surface area contributed by atoms with E-state index in [4.69, 9.17) is 5.26 Å². The molecule has 2 rings (SSSR count). The maximum absolute atomic E-state index is 14.0. The molecule has 2 aromatic rings. The topological polar surface area (TPSA) is 64.3 Å². The van der Waals surface area contributed by atoms with Gasteiger partial charge in [-0.2, -0.15) is 10.4 Å². The molecule has 0 aliphatic heterocycles. The molecule has 0 radical (unpaired) electrons. The fourth-order valence-electron chi connectivity index (χ4n) is 1.84. The van der Waals surface area contributed by atoms with Gasteiger partial charge in [-0.25, -0.2) is 9.37 Å². The van der Waals surface area contributed by atoms with Crippen LogP contribution in [0.4, 0.5) is 15.2 Å². The highest BCUT2D eigenvalue weighted by Crippen LogP contribution is 2.25. The van der Waals surface area contributed by atoms with Gasteiger partial charge in [0.2, 0.25) is 5.13 Å². The third-order valence-corrected chi connectivity index (χ3v) is 3.57. The van der Waals surface area contributed by atoms with Gasteiger partial charge in [-0.3, -0.25) is 5.43 Å². The summed E-state index contributed by atoms with van der Waals surface area (Å²) >= 11 is 1.41. The monoisotopic (exact) mass is 303 g/mol. The van der Waals surface area contributed by atoms with Gasteiger partial charge in [0.1, 0.15) is 11.9 Å². The lowest BCUT2D eigenvalue weighted by Crippen LogP contribution is -2.14. The van der Waals surface area contributed by atoms with Crippen molar-refractivity contribution in [1.82, 2.24) is 4.98 Å². The van der Waals surface area contributed by atoms with Gasteiger partial charge in [0.05, 0.1) is 28.7 Å². The minimum absolute atomic E-state index is 0.264. The Labute approximate surface area is 126 Å². The van der Waals surface area contributed by atoms with E-state index in [0.717, 1.165) is 5.69 Å². The van der Waals surface area contributed by atoms with Crippen LogP contribution in [0.5, 0.6) is 0 Å². The van der Waals surface area contributed by atoms with Crippen LogP contribution in [-0.4, -0.2) is 25.3 Å². The standard InChI is InChI=1S/C14H14FN5S/c1-9-8-21-14(18-9)19-17-7-11-12(15)5-4-10(6-16)13(11)20(2)3/h4-5,7-8H,1-3H3,(H,18,19). The molecule has 0 saturated heterocycles. The van der Waals surface area contributed by atoms with Crippen LogP contribution in [0.1, 0.15) is 16.8 Å². The van der Waals surface area contributed by atoms with E-state index >= 15 is 0 Å². The predicted octanol–water partition coefficient (Wildman–Crippen LogP) is 2.97. The molecule has 0 atom stereocenters. The van der Waals surface area contributed by atoms with E-state index in [2.05, 4.69) is 21.6 Å². The van der Waals surface area contributed by atoms with Gasteiger partial charge in [-0.1, -0.05) is 0 Å². The second-order valence-corrected chi connectivity index (χ2v) is 5.39. The summed E-state index contributed by atoms with van der Waals surface area (Å²) in [5, 5.41) is 15.6. The molecule has 0 aliphatic rings. The minimum atomic E-state index is -0.432. The highest BCUT2D eigenvalue weighted by Gasteiger charge is 2.13. The van der Waals surface area contributed by atoms with Crippen molar-refractivity contribution >= 4 is 28.4 Å². The summed E-state index contributed by atoms with van der Waals surface area (Å²) < 4.78 is 14.0. The third-order valence-electron chi connectivity index (χ3n) is 2.70. The van der Waals surface area contributed by atoms with E-state index in [-0.39, 0.29) is 5.56 Å². The molecule has 1 N–H and O–H groups in total. The molecule has 7 heteroatoms. The zero-order valence-electron chi connectivity index (χ0n) is 11.9. The summed E-state index contributed by atoms with van der Waals surface area (Å²) in [6, 6.07) is 4.78.